The van der Waals surface area contributed by atoms with Crippen molar-refractivity contribution in [3.8, 4) is 5.75 Å². The zero-order chi connectivity index (χ0) is 7.40. The molecule has 0 unspecified atom stereocenters. The van der Waals surface area contributed by atoms with Crippen molar-refractivity contribution in [1.82, 2.24) is 4.98 Å². The summed E-state index contributed by atoms with van der Waals surface area (Å²) in [7, 11) is 1.59. The molecule has 0 aliphatic rings. The number of rotatable bonds is 2. The van der Waals surface area contributed by atoms with Crippen molar-refractivity contribution in [2.75, 3.05) is 12.5 Å². The Balaban J connectivity index is 2.87. The van der Waals surface area contributed by atoms with E-state index in [1.54, 1.807) is 25.4 Å². The van der Waals surface area contributed by atoms with E-state index < -0.39 is 0 Å². The number of anilines is 1. The van der Waals surface area contributed by atoms with Crippen LogP contribution in [0.15, 0.2) is 18.3 Å². The first-order valence-electron chi connectivity index (χ1n) is 2.83. The molecule has 0 atom stereocenters. The van der Waals surface area contributed by atoms with E-state index in [2.05, 4.69) is 10.4 Å². The first-order valence-corrected chi connectivity index (χ1v) is 2.83. The number of methoxy groups -OCH3 is 1. The number of ether oxygens (including phenoxy) is 1. The molecule has 4 nitrogen and oxygen atoms in total. The quantitative estimate of drug-likeness (QED) is 0.459. The van der Waals surface area contributed by atoms with Gasteiger partial charge in [-0.3, -0.25) is 0 Å². The Kier molecular flexibility index (Phi) is 2.07. The highest BCUT2D eigenvalue weighted by Crippen LogP contribution is 2.11. The fourth-order valence-corrected chi connectivity index (χ4v) is 0.617. The number of aromatic nitrogens is 1. The summed E-state index contributed by atoms with van der Waals surface area (Å²) < 4.78 is 4.92. The number of pyridine rings is 1. The molecule has 3 N–H and O–H groups in total. The van der Waals surface area contributed by atoms with Gasteiger partial charge in [0.15, 0.2) is 0 Å². The van der Waals surface area contributed by atoms with Crippen molar-refractivity contribution in [1.29, 1.82) is 0 Å². The molecule has 1 aromatic rings. The molecular weight excluding hydrogens is 130 g/mol. The average Bonchev–Trinajstić information content (AvgIpc) is 2.05. The summed E-state index contributed by atoms with van der Waals surface area (Å²) in [5, 5.41) is 0. The van der Waals surface area contributed by atoms with Crippen LogP contribution in [0.2, 0.25) is 0 Å². The van der Waals surface area contributed by atoms with Crippen molar-refractivity contribution in [3.63, 3.8) is 0 Å². The number of nitrogen functional groups attached to an aromatic ring is 1. The molecule has 0 spiro atoms. The molecule has 0 aromatic carbocycles. The van der Waals surface area contributed by atoms with Crippen molar-refractivity contribution in [2.24, 2.45) is 5.84 Å². The van der Waals surface area contributed by atoms with Crippen molar-refractivity contribution in [2.45, 2.75) is 0 Å². The lowest BCUT2D eigenvalue weighted by Gasteiger charge is -2.00. The Bertz CT molecular complexity index is 195. The number of nitrogens with zero attached hydrogens (tertiary/aromatic N) is 1. The van der Waals surface area contributed by atoms with Gasteiger partial charge in [0, 0.05) is 12.3 Å². The summed E-state index contributed by atoms with van der Waals surface area (Å²) in [5.41, 5.74) is 2.41. The third kappa shape index (κ3) is 1.35. The minimum atomic E-state index is 0.597. The minimum Gasteiger partial charge on any atom is -0.497 e. The number of hydrazine groups is 1. The molecule has 1 aromatic heterocycles. The van der Waals surface area contributed by atoms with E-state index in [1.165, 1.54) is 0 Å². The molecule has 1 heterocycles. The molecule has 0 fully saturated rings. The minimum absolute atomic E-state index is 0.597. The van der Waals surface area contributed by atoms with Gasteiger partial charge in [-0.15, -0.1) is 0 Å². The normalized spacial score (nSPS) is 9.00. The summed E-state index contributed by atoms with van der Waals surface area (Å²) in [4.78, 5) is 3.89. The monoisotopic (exact) mass is 139 g/mol. The van der Waals surface area contributed by atoms with Gasteiger partial charge in [0.05, 0.1) is 7.11 Å². The van der Waals surface area contributed by atoms with E-state index in [0.717, 1.165) is 5.75 Å². The van der Waals surface area contributed by atoms with Crippen molar-refractivity contribution in [3.05, 3.63) is 18.3 Å². The third-order valence-electron chi connectivity index (χ3n) is 1.11. The van der Waals surface area contributed by atoms with Crippen LogP contribution in [0.4, 0.5) is 5.82 Å². The van der Waals surface area contributed by atoms with E-state index in [0.29, 0.717) is 5.82 Å². The second-order valence-corrected chi connectivity index (χ2v) is 1.73. The molecule has 0 radical (unpaired) electrons. The Morgan fingerprint density at radius 1 is 1.70 bits per heavy atom. The Labute approximate surface area is 59.0 Å². The number of nitrogens with two attached hydrogens (primary N) is 1. The van der Waals surface area contributed by atoms with Gasteiger partial charge in [-0.1, -0.05) is 0 Å². The van der Waals surface area contributed by atoms with E-state index >= 15 is 0 Å². The molecule has 0 saturated heterocycles. The molecule has 54 valence electrons. The smallest absolute Gasteiger partial charge is 0.143 e. The van der Waals surface area contributed by atoms with Crippen LogP contribution >= 0.6 is 0 Å². The average molecular weight is 139 g/mol. The molecule has 0 bridgehead atoms. The number of hydrogen-bond donors (Lipinski definition) is 2. The van der Waals surface area contributed by atoms with Gasteiger partial charge in [-0.2, -0.15) is 0 Å². The fourth-order valence-electron chi connectivity index (χ4n) is 0.617. The van der Waals surface area contributed by atoms with Crippen LogP contribution in [0, 0.1) is 0 Å². The zero-order valence-electron chi connectivity index (χ0n) is 5.66. The molecule has 0 amide bonds. The molecule has 0 saturated carbocycles. The Hall–Kier alpha value is -1.29. The maximum Gasteiger partial charge on any atom is 0.143 e. The maximum absolute atomic E-state index is 5.11. The van der Waals surface area contributed by atoms with Crippen LogP contribution in [0.25, 0.3) is 0 Å². The van der Waals surface area contributed by atoms with Crippen LogP contribution in [0.1, 0.15) is 0 Å². The van der Waals surface area contributed by atoms with E-state index in [9.17, 15) is 0 Å². The van der Waals surface area contributed by atoms with Gasteiger partial charge < -0.3 is 10.2 Å². The van der Waals surface area contributed by atoms with E-state index in [-0.39, 0.29) is 0 Å². The highest BCUT2D eigenvalue weighted by Gasteiger charge is 1.91. The highest BCUT2D eigenvalue weighted by molar-refractivity contribution is 5.38. The lowest BCUT2D eigenvalue weighted by Crippen LogP contribution is -2.08. The summed E-state index contributed by atoms with van der Waals surface area (Å²) in [6, 6.07) is 3.46. The first kappa shape index (κ1) is 6.82. The first-order chi connectivity index (χ1) is 4.86. The fraction of sp³-hybridized carbons (Fsp3) is 0.167. The lowest BCUT2D eigenvalue weighted by molar-refractivity contribution is 0.414. The largest absolute Gasteiger partial charge is 0.497 e. The molecule has 4 heteroatoms. The predicted octanol–water partition coefficient (Wildman–Crippen LogP) is 0.376. The standard InChI is InChI=1S/C6H9N3O/c1-10-5-2-3-8-6(4-5)9-7/h2-4H,7H2,1H3,(H,8,9). The molecule has 10 heavy (non-hydrogen) atoms. The Morgan fingerprint density at radius 3 is 3.10 bits per heavy atom. The van der Waals surface area contributed by atoms with Gasteiger partial charge in [0.2, 0.25) is 0 Å². The van der Waals surface area contributed by atoms with Gasteiger partial charge >= 0.3 is 0 Å². The maximum atomic E-state index is 5.11. The van der Waals surface area contributed by atoms with Gasteiger partial charge in [-0.25, -0.2) is 10.8 Å². The molecule has 0 aliphatic heterocycles. The van der Waals surface area contributed by atoms with Crippen LogP contribution in [-0.4, -0.2) is 12.1 Å². The van der Waals surface area contributed by atoms with E-state index in [4.69, 9.17) is 10.6 Å². The van der Waals surface area contributed by atoms with E-state index in [1.807, 2.05) is 0 Å². The number of nitrogens with one attached hydrogen (secondary N) is 1. The van der Waals surface area contributed by atoms with Crippen molar-refractivity contribution >= 4 is 5.82 Å². The van der Waals surface area contributed by atoms with Gasteiger partial charge in [-0.05, 0) is 6.07 Å². The van der Waals surface area contributed by atoms with Crippen LogP contribution in [-0.2, 0) is 0 Å². The Morgan fingerprint density at radius 2 is 2.50 bits per heavy atom. The van der Waals surface area contributed by atoms with Crippen molar-refractivity contribution < 1.29 is 4.74 Å². The highest BCUT2D eigenvalue weighted by atomic mass is 16.5. The molecular formula is C6H9N3O. The summed E-state index contributed by atoms with van der Waals surface area (Å²) in [5.74, 6) is 6.44. The zero-order valence-corrected chi connectivity index (χ0v) is 5.66. The summed E-state index contributed by atoms with van der Waals surface area (Å²) >= 11 is 0. The predicted molar refractivity (Wildman–Crippen MR) is 38.6 cm³/mol. The third-order valence-corrected chi connectivity index (χ3v) is 1.11. The molecule has 0 aliphatic carbocycles. The summed E-state index contributed by atoms with van der Waals surface area (Å²) in [6.07, 6.45) is 1.62. The van der Waals surface area contributed by atoms with Crippen LogP contribution < -0.4 is 16.0 Å². The van der Waals surface area contributed by atoms with Crippen LogP contribution in [0.5, 0.6) is 5.75 Å². The lowest BCUT2D eigenvalue weighted by atomic mass is 10.4. The molecule has 1 rings (SSSR count). The topological polar surface area (TPSA) is 60.2 Å². The number of hydrogen-bond acceptors (Lipinski definition) is 4. The second kappa shape index (κ2) is 3.03. The second-order valence-electron chi connectivity index (χ2n) is 1.73. The van der Waals surface area contributed by atoms with Gasteiger partial charge in [0.1, 0.15) is 11.6 Å². The van der Waals surface area contributed by atoms with Crippen LogP contribution in [0.3, 0.4) is 0 Å². The van der Waals surface area contributed by atoms with Gasteiger partial charge in [0.25, 0.3) is 0 Å². The summed E-state index contributed by atoms with van der Waals surface area (Å²) in [6.45, 7) is 0. The SMILES string of the molecule is COc1ccnc(NN)c1.